The van der Waals surface area contributed by atoms with Crippen molar-refractivity contribution in [3.8, 4) is 0 Å². The summed E-state index contributed by atoms with van der Waals surface area (Å²) in [5.74, 6) is 0. The van der Waals surface area contributed by atoms with E-state index in [0.717, 1.165) is 13.0 Å². The van der Waals surface area contributed by atoms with Gasteiger partial charge in [0.25, 0.3) is 0 Å². The zero-order valence-electron chi connectivity index (χ0n) is 9.76. The maximum Gasteiger partial charge on any atom is 0.0496 e. The number of aliphatic hydroxyl groups is 1. The largest absolute Gasteiger partial charge is 0.396 e. The second kappa shape index (κ2) is 5.72. The van der Waals surface area contributed by atoms with E-state index in [4.69, 9.17) is 0 Å². The molecule has 1 saturated heterocycles. The Labute approximate surface area is 88.3 Å². The minimum absolute atomic E-state index is 0.115. The Hall–Kier alpha value is -0.0800. The van der Waals surface area contributed by atoms with Crippen LogP contribution < -0.4 is 0 Å². The second-order valence-corrected chi connectivity index (χ2v) is 5.01. The third kappa shape index (κ3) is 3.58. The van der Waals surface area contributed by atoms with E-state index < -0.39 is 0 Å². The first-order valence-corrected chi connectivity index (χ1v) is 6.03. The summed E-state index contributed by atoms with van der Waals surface area (Å²) in [6.07, 6.45) is 6.52. The summed E-state index contributed by atoms with van der Waals surface area (Å²) in [4.78, 5) is 2.53. The Morgan fingerprint density at radius 2 is 1.71 bits per heavy atom. The van der Waals surface area contributed by atoms with Gasteiger partial charge in [-0.15, -0.1) is 0 Å². The maximum atomic E-state index is 9.36. The molecule has 84 valence electrons. The quantitative estimate of drug-likeness (QED) is 0.751. The Balaban J connectivity index is 2.39. The van der Waals surface area contributed by atoms with Gasteiger partial charge in [-0.1, -0.05) is 26.7 Å². The van der Waals surface area contributed by atoms with E-state index >= 15 is 0 Å². The minimum Gasteiger partial charge on any atom is -0.396 e. The highest BCUT2D eigenvalue weighted by Crippen LogP contribution is 2.23. The van der Waals surface area contributed by atoms with Crippen molar-refractivity contribution in [3.05, 3.63) is 0 Å². The molecule has 0 aliphatic carbocycles. The van der Waals surface area contributed by atoms with E-state index in [2.05, 4.69) is 18.7 Å². The van der Waals surface area contributed by atoms with Crippen molar-refractivity contribution < 1.29 is 5.11 Å². The van der Waals surface area contributed by atoms with Crippen LogP contribution in [0.15, 0.2) is 0 Å². The van der Waals surface area contributed by atoms with E-state index in [1.165, 1.54) is 38.8 Å². The molecule has 2 heteroatoms. The minimum atomic E-state index is 0.115. The Kier molecular flexibility index (Phi) is 4.90. The van der Waals surface area contributed by atoms with Gasteiger partial charge in [0.1, 0.15) is 0 Å². The number of hydrogen-bond donors (Lipinski definition) is 1. The Morgan fingerprint density at radius 1 is 1.14 bits per heavy atom. The van der Waals surface area contributed by atoms with E-state index in [-0.39, 0.29) is 5.41 Å². The number of likely N-dealkylation sites (tertiary alicyclic amines) is 1. The third-order valence-electron chi connectivity index (χ3n) is 3.54. The molecule has 1 aliphatic rings. The van der Waals surface area contributed by atoms with Gasteiger partial charge in [0.05, 0.1) is 0 Å². The third-order valence-corrected chi connectivity index (χ3v) is 3.54. The lowest BCUT2D eigenvalue weighted by atomic mass is 9.88. The Morgan fingerprint density at radius 3 is 2.14 bits per heavy atom. The predicted octanol–water partition coefficient (Wildman–Crippen LogP) is 2.27. The molecule has 1 unspecified atom stereocenters. The van der Waals surface area contributed by atoms with Crippen LogP contribution in [0, 0.1) is 5.41 Å². The van der Waals surface area contributed by atoms with Crippen LogP contribution in [-0.2, 0) is 0 Å². The van der Waals surface area contributed by atoms with Crippen molar-refractivity contribution in [2.24, 2.45) is 5.41 Å². The summed E-state index contributed by atoms with van der Waals surface area (Å²) >= 11 is 0. The SMILES string of the molecule is CCC(C)(CO)CN1CCCCCC1. The van der Waals surface area contributed by atoms with Crippen molar-refractivity contribution in [2.75, 3.05) is 26.2 Å². The molecule has 2 nitrogen and oxygen atoms in total. The van der Waals surface area contributed by atoms with Crippen molar-refractivity contribution in [1.82, 2.24) is 4.90 Å². The predicted molar refractivity (Wildman–Crippen MR) is 60.4 cm³/mol. The van der Waals surface area contributed by atoms with Gasteiger partial charge >= 0.3 is 0 Å². The number of hydrogen-bond acceptors (Lipinski definition) is 2. The highest BCUT2D eigenvalue weighted by Gasteiger charge is 2.24. The van der Waals surface area contributed by atoms with E-state index in [9.17, 15) is 5.11 Å². The lowest BCUT2D eigenvalue weighted by Crippen LogP contribution is -2.38. The topological polar surface area (TPSA) is 23.5 Å². The number of nitrogens with zero attached hydrogens (tertiary/aromatic N) is 1. The van der Waals surface area contributed by atoms with Gasteiger partial charge in [0, 0.05) is 18.6 Å². The molecule has 0 aromatic carbocycles. The normalized spacial score (nSPS) is 24.2. The molecule has 1 atom stereocenters. The summed E-state index contributed by atoms with van der Waals surface area (Å²) in [5.41, 5.74) is 0.115. The van der Waals surface area contributed by atoms with Crippen molar-refractivity contribution in [1.29, 1.82) is 0 Å². The molecule has 0 bridgehead atoms. The first-order valence-electron chi connectivity index (χ1n) is 6.03. The first-order chi connectivity index (χ1) is 6.70. The van der Waals surface area contributed by atoms with Crippen molar-refractivity contribution >= 4 is 0 Å². The number of aliphatic hydroxyl groups excluding tert-OH is 1. The molecule has 1 N–H and O–H groups in total. The molecule has 1 fully saturated rings. The zero-order valence-corrected chi connectivity index (χ0v) is 9.76. The molecule has 1 rings (SSSR count). The van der Waals surface area contributed by atoms with Gasteiger partial charge in [0.2, 0.25) is 0 Å². The molecule has 0 aromatic heterocycles. The standard InChI is InChI=1S/C12H25NO/c1-3-12(2,11-14)10-13-8-6-4-5-7-9-13/h14H,3-11H2,1-2H3. The van der Waals surface area contributed by atoms with Crippen LogP contribution in [0.3, 0.4) is 0 Å². The van der Waals surface area contributed by atoms with Crippen LogP contribution in [0.2, 0.25) is 0 Å². The van der Waals surface area contributed by atoms with E-state index in [1.807, 2.05) is 0 Å². The molecular formula is C12H25NO. The van der Waals surface area contributed by atoms with Gasteiger partial charge < -0.3 is 10.0 Å². The summed E-state index contributed by atoms with van der Waals surface area (Å²) in [6, 6.07) is 0. The smallest absolute Gasteiger partial charge is 0.0496 e. The highest BCUT2D eigenvalue weighted by molar-refractivity contribution is 4.77. The molecule has 0 radical (unpaired) electrons. The second-order valence-electron chi connectivity index (χ2n) is 5.01. The molecule has 0 amide bonds. The van der Waals surface area contributed by atoms with Gasteiger partial charge in [-0.3, -0.25) is 0 Å². The van der Waals surface area contributed by atoms with Gasteiger partial charge in [0.15, 0.2) is 0 Å². The fourth-order valence-corrected chi connectivity index (χ4v) is 2.11. The van der Waals surface area contributed by atoms with Crippen LogP contribution in [0.1, 0.15) is 46.0 Å². The highest BCUT2D eigenvalue weighted by atomic mass is 16.3. The molecule has 0 saturated carbocycles. The van der Waals surface area contributed by atoms with Gasteiger partial charge in [-0.05, 0) is 32.4 Å². The molecule has 1 heterocycles. The monoisotopic (exact) mass is 199 g/mol. The van der Waals surface area contributed by atoms with Crippen molar-refractivity contribution in [3.63, 3.8) is 0 Å². The fraction of sp³-hybridized carbons (Fsp3) is 1.00. The molecule has 14 heavy (non-hydrogen) atoms. The molecular weight excluding hydrogens is 174 g/mol. The lowest BCUT2D eigenvalue weighted by molar-refractivity contribution is 0.0861. The lowest BCUT2D eigenvalue weighted by Gasteiger charge is -2.32. The van der Waals surface area contributed by atoms with Crippen molar-refractivity contribution in [2.45, 2.75) is 46.0 Å². The summed E-state index contributed by atoms with van der Waals surface area (Å²) in [7, 11) is 0. The van der Waals surface area contributed by atoms with Gasteiger partial charge in [-0.25, -0.2) is 0 Å². The number of rotatable bonds is 4. The van der Waals surface area contributed by atoms with Crippen LogP contribution in [0.4, 0.5) is 0 Å². The average Bonchev–Trinajstić information content (AvgIpc) is 2.46. The first kappa shape index (κ1) is 12.0. The van der Waals surface area contributed by atoms with Crippen LogP contribution in [0.5, 0.6) is 0 Å². The van der Waals surface area contributed by atoms with Gasteiger partial charge in [-0.2, -0.15) is 0 Å². The zero-order chi connectivity index (χ0) is 10.4. The summed E-state index contributed by atoms with van der Waals surface area (Å²) in [5, 5.41) is 9.36. The summed E-state index contributed by atoms with van der Waals surface area (Å²) in [6.45, 7) is 8.22. The molecule has 0 aromatic rings. The van der Waals surface area contributed by atoms with E-state index in [1.54, 1.807) is 0 Å². The maximum absolute atomic E-state index is 9.36. The van der Waals surface area contributed by atoms with Crippen LogP contribution >= 0.6 is 0 Å². The molecule has 0 spiro atoms. The average molecular weight is 199 g/mol. The summed E-state index contributed by atoms with van der Waals surface area (Å²) < 4.78 is 0. The van der Waals surface area contributed by atoms with Crippen LogP contribution in [-0.4, -0.2) is 36.2 Å². The Bertz CT molecular complexity index is 146. The molecule has 1 aliphatic heterocycles. The van der Waals surface area contributed by atoms with Crippen LogP contribution in [0.25, 0.3) is 0 Å². The fourth-order valence-electron chi connectivity index (χ4n) is 2.11. The van der Waals surface area contributed by atoms with E-state index in [0.29, 0.717) is 6.61 Å².